The Hall–Kier alpha value is -3.56. The quantitative estimate of drug-likeness (QED) is 0.436. The van der Waals surface area contributed by atoms with Gasteiger partial charge >= 0.3 is 0 Å². The number of hydrogen-bond donors (Lipinski definition) is 1. The summed E-state index contributed by atoms with van der Waals surface area (Å²) in [6.07, 6.45) is 2.72. The average molecular weight is 441 g/mol. The largest absolute Gasteiger partial charge is 0.490 e. The number of aromatic nitrogens is 3. The van der Waals surface area contributed by atoms with E-state index in [1.54, 1.807) is 26.1 Å². The highest BCUT2D eigenvalue weighted by molar-refractivity contribution is 5.92. The molecule has 1 saturated carbocycles. The molecule has 2 aromatic heterocycles. The van der Waals surface area contributed by atoms with E-state index >= 15 is 0 Å². The summed E-state index contributed by atoms with van der Waals surface area (Å²) in [6.45, 7) is 4.61. The van der Waals surface area contributed by atoms with Gasteiger partial charge in [-0.05, 0) is 39.2 Å². The number of benzene rings is 1. The minimum Gasteiger partial charge on any atom is -0.490 e. The molecule has 0 bridgehead atoms. The molecule has 1 fully saturated rings. The molecule has 0 spiro atoms. The van der Waals surface area contributed by atoms with E-state index in [-0.39, 0.29) is 17.5 Å². The van der Waals surface area contributed by atoms with Crippen LogP contribution in [0.2, 0.25) is 0 Å². The van der Waals surface area contributed by atoms with Gasteiger partial charge in [-0.2, -0.15) is 0 Å². The summed E-state index contributed by atoms with van der Waals surface area (Å²) in [5.74, 6) is 0.896. The van der Waals surface area contributed by atoms with Gasteiger partial charge in [-0.3, -0.25) is 14.9 Å². The van der Waals surface area contributed by atoms with Crippen molar-refractivity contribution < 1.29 is 14.1 Å². The van der Waals surface area contributed by atoms with Crippen LogP contribution in [0.25, 0.3) is 10.9 Å². The summed E-state index contributed by atoms with van der Waals surface area (Å²) in [4.78, 5) is 32.8. The minimum atomic E-state index is -0.858. The number of nitrogens with zero attached hydrogens (tertiary/aromatic N) is 4. The van der Waals surface area contributed by atoms with Gasteiger partial charge in [0, 0.05) is 17.8 Å². The predicted octanol–water partition coefficient (Wildman–Crippen LogP) is 3.96. The molecule has 1 aliphatic rings. The Balaban J connectivity index is 1.86. The lowest BCUT2D eigenvalue weighted by molar-refractivity contribution is -0.385. The van der Waals surface area contributed by atoms with Gasteiger partial charge in [-0.15, -0.1) is 0 Å². The molecule has 1 aromatic carbocycles. The highest BCUT2D eigenvalue weighted by atomic mass is 19.1. The smallest absolute Gasteiger partial charge is 0.295 e. The molecule has 4 rings (SSSR count). The van der Waals surface area contributed by atoms with Crippen molar-refractivity contribution >= 4 is 22.4 Å². The lowest BCUT2D eigenvalue weighted by atomic mass is 10.0. The Kier molecular flexibility index (Phi) is 5.31. The molecular weight excluding hydrogens is 417 g/mol. The molecule has 168 valence electrons. The van der Waals surface area contributed by atoms with Gasteiger partial charge in [0.25, 0.3) is 11.2 Å². The molecule has 0 unspecified atom stereocenters. The number of methoxy groups -OCH3 is 1. The number of halogens is 1. The first kappa shape index (κ1) is 21.7. The second kappa shape index (κ2) is 7.85. The molecule has 32 heavy (non-hydrogen) atoms. The van der Waals surface area contributed by atoms with Crippen LogP contribution in [-0.4, -0.2) is 33.2 Å². The van der Waals surface area contributed by atoms with E-state index in [2.05, 4.69) is 15.3 Å². The van der Waals surface area contributed by atoms with Crippen LogP contribution in [0, 0.1) is 24.0 Å². The van der Waals surface area contributed by atoms with Crippen LogP contribution in [-0.2, 0) is 5.54 Å². The molecule has 0 aliphatic heterocycles. The van der Waals surface area contributed by atoms with Crippen molar-refractivity contribution in [3.63, 3.8) is 0 Å². The minimum absolute atomic E-state index is 0.0361. The first-order valence-electron chi connectivity index (χ1n) is 10.3. The number of pyridine rings is 1. The zero-order chi connectivity index (χ0) is 23.2. The van der Waals surface area contributed by atoms with E-state index in [0.717, 1.165) is 5.56 Å². The van der Waals surface area contributed by atoms with Crippen molar-refractivity contribution in [1.29, 1.82) is 0 Å². The Morgan fingerprint density at radius 2 is 2.06 bits per heavy atom. The third kappa shape index (κ3) is 3.45. The van der Waals surface area contributed by atoms with E-state index in [1.165, 1.54) is 17.7 Å². The molecule has 9 nitrogen and oxygen atoms in total. The lowest BCUT2D eigenvalue weighted by Gasteiger charge is -2.21. The van der Waals surface area contributed by atoms with Crippen molar-refractivity contribution in [2.75, 3.05) is 19.1 Å². The van der Waals surface area contributed by atoms with Gasteiger partial charge in [0.2, 0.25) is 5.75 Å². The topological polar surface area (TPSA) is 112 Å². The standard InChI is InChI=1S/C22H24FN5O4/c1-12-15(6-5-7-17(12)28(30)31)13(2)24-20-16-10-27(22(11-23)8-9-22)21(29)19(32-4)18(16)25-14(3)26-20/h5-7,10,13H,8-9,11H2,1-4H3,(H,24,25,26)/t13-/m1/s1. The van der Waals surface area contributed by atoms with Gasteiger partial charge in [-0.1, -0.05) is 12.1 Å². The first-order valence-corrected chi connectivity index (χ1v) is 10.3. The molecule has 1 atom stereocenters. The number of hydrogen-bond acceptors (Lipinski definition) is 7. The number of nitro groups is 1. The van der Waals surface area contributed by atoms with Gasteiger partial charge in [-0.25, -0.2) is 14.4 Å². The van der Waals surface area contributed by atoms with E-state index < -0.39 is 22.7 Å². The zero-order valence-electron chi connectivity index (χ0n) is 18.3. The van der Waals surface area contributed by atoms with Crippen LogP contribution in [0.1, 0.15) is 42.8 Å². The fraction of sp³-hybridized carbons (Fsp3) is 0.409. The van der Waals surface area contributed by atoms with Gasteiger partial charge < -0.3 is 14.6 Å². The third-order valence-electron chi connectivity index (χ3n) is 6.10. The Labute approximate surface area is 183 Å². The van der Waals surface area contributed by atoms with E-state index in [9.17, 15) is 19.3 Å². The molecule has 10 heteroatoms. The van der Waals surface area contributed by atoms with E-state index in [0.29, 0.717) is 41.0 Å². The van der Waals surface area contributed by atoms with Crippen LogP contribution >= 0.6 is 0 Å². The number of rotatable bonds is 7. The second-order valence-electron chi connectivity index (χ2n) is 8.19. The van der Waals surface area contributed by atoms with Crippen molar-refractivity contribution in [2.45, 2.75) is 45.2 Å². The van der Waals surface area contributed by atoms with Crippen LogP contribution in [0.3, 0.4) is 0 Å². The molecular formula is C22H24FN5O4. The van der Waals surface area contributed by atoms with Crippen molar-refractivity contribution in [2.24, 2.45) is 0 Å². The third-order valence-corrected chi connectivity index (χ3v) is 6.10. The Morgan fingerprint density at radius 3 is 2.66 bits per heavy atom. The van der Waals surface area contributed by atoms with Crippen molar-refractivity contribution in [3.05, 3.63) is 61.8 Å². The molecule has 3 aromatic rings. The average Bonchev–Trinajstić information content (AvgIpc) is 3.54. The summed E-state index contributed by atoms with van der Waals surface area (Å²) in [7, 11) is 1.38. The van der Waals surface area contributed by atoms with E-state index in [4.69, 9.17) is 4.74 Å². The van der Waals surface area contributed by atoms with Gasteiger partial charge in [0.15, 0.2) is 0 Å². The Morgan fingerprint density at radius 1 is 1.34 bits per heavy atom. The summed E-state index contributed by atoms with van der Waals surface area (Å²) in [5.41, 5.74) is 0.378. The predicted molar refractivity (Wildman–Crippen MR) is 118 cm³/mol. The molecule has 1 aliphatic carbocycles. The summed E-state index contributed by atoms with van der Waals surface area (Å²) >= 11 is 0. The maximum atomic E-state index is 13.8. The molecule has 0 radical (unpaired) electrons. The van der Waals surface area contributed by atoms with Crippen LogP contribution in [0.4, 0.5) is 15.9 Å². The van der Waals surface area contributed by atoms with Crippen LogP contribution < -0.4 is 15.6 Å². The number of ether oxygens (including phenoxy) is 1. The maximum absolute atomic E-state index is 13.8. The second-order valence-corrected chi connectivity index (χ2v) is 8.19. The van der Waals surface area contributed by atoms with Crippen LogP contribution in [0.5, 0.6) is 5.75 Å². The summed E-state index contributed by atoms with van der Waals surface area (Å²) in [6, 6.07) is 4.58. The van der Waals surface area contributed by atoms with Crippen LogP contribution in [0.15, 0.2) is 29.2 Å². The number of aryl methyl sites for hydroxylation is 1. The molecule has 0 amide bonds. The van der Waals surface area contributed by atoms with Gasteiger partial charge in [0.1, 0.15) is 23.8 Å². The van der Waals surface area contributed by atoms with Crippen molar-refractivity contribution in [1.82, 2.24) is 14.5 Å². The monoisotopic (exact) mass is 441 g/mol. The lowest BCUT2D eigenvalue weighted by Crippen LogP contribution is -2.32. The zero-order valence-corrected chi connectivity index (χ0v) is 18.3. The highest BCUT2D eigenvalue weighted by Crippen LogP contribution is 2.44. The fourth-order valence-electron chi connectivity index (χ4n) is 4.10. The highest BCUT2D eigenvalue weighted by Gasteiger charge is 2.46. The fourth-order valence-corrected chi connectivity index (χ4v) is 4.10. The summed E-state index contributed by atoms with van der Waals surface area (Å²) < 4.78 is 20.5. The Bertz CT molecular complexity index is 1290. The van der Waals surface area contributed by atoms with E-state index in [1.807, 2.05) is 13.0 Å². The summed E-state index contributed by atoms with van der Waals surface area (Å²) in [5, 5.41) is 15.1. The number of nitro benzene ring substituents is 1. The normalized spacial score (nSPS) is 15.4. The number of anilines is 1. The molecule has 2 heterocycles. The number of fused-ring (bicyclic) bond motifs is 1. The first-order chi connectivity index (χ1) is 15.2. The van der Waals surface area contributed by atoms with Gasteiger partial charge in [0.05, 0.1) is 29.0 Å². The maximum Gasteiger partial charge on any atom is 0.295 e. The molecule has 0 saturated heterocycles. The SMILES string of the molecule is COc1c(=O)n(C2(CF)CC2)cc2c(N[C@H](C)c3cccc([N+](=O)[O-])c3C)nc(C)nc12. The number of nitrogens with one attached hydrogen (secondary N) is 1. The van der Waals surface area contributed by atoms with Crippen molar-refractivity contribution in [3.8, 4) is 5.75 Å². The number of alkyl halides is 1. The molecule has 1 N–H and O–H groups in total.